The van der Waals surface area contributed by atoms with Crippen LogP contribution in [-0.2, 0) is 12.0 Å². The van der Waals surface area contributed by atoms with Crippen LogP contribution in [0.1, 0.15) is 42.4 Å². The molecule has 2 N–H and O–H groups in total. The summed E-state index contributed by atoms with van der Waals surface area (Å²) >= 11 is 0. The quantitative estimate of drug-likeness (QED) is 0.209. The van der Waals surface area contributed by atoms with Crippen molar-refractivity contribution in [2.45, 2.75) is 62.8 Å². The second-order valence-electron chi connectivity index (χ2n) is 10.0. The minimum absolute atomic E-state index is 0.127. The topological polar surface area (TPSA) is 68.8 Å². The lowest BCUT2D eigenvalue weighted by Crippen LogP contribution is -2.53. The maximum atomic E-state index is 15.0. The van der Waals surface area contributed by atoms with Crippen molar-refractivity contribution in [3.63, 3.8) is 0 Å². The van der Waals surface area contributed by atoms with Crippen LogP contribution in [0.25, 0.3) is 0 Å². The molecule has 13 heteroatoms. The van der Waals surface area contributed by atoms with Gasteiger partial charge < -0.3 is 24.8 Å². The second kappa shape index (κ2) is 13.4. The van der Waals surface area contributed by atoms with Crippen molar-refractivity contribution in [2.75, 3.05) is 7.11 Å². The van der Waals surface area contributed by atoms with Crippen LogP contribution in [-0.4, -0.2) is 38.3 Å². The van der Waals surface area contributed by atoms with Crippen molar-refractivity contribution in [1.29, 1.82) is 0 Å². The highest BCUT2D eigenvalue weighted by atomic mass is 19.3. The Balaban J connectivity index is 1.93. The Labute approximate surface area is 243 Å². The van der Waals surface area contributed by atoms with Gasteiger partial charge in [-0.15, -0.1) is 0 Å². The highest BCUT2D eigenvalue weighted by Gasteiger charge is 2.45. The number of nitrogens with one attached hydrogen (secondary N) is 2. The average molecular weight is 615 g/mol. The third-order valence-corrected chi connectivity index (χ3v) is 7.07. The molecule has 0 aromatic heterocycles. The molecule has 1 fully saturated rings. The van der Waals surface area contributed by atoms with Gasteiger partial charge in [0.1, 0.15) is 11.6 Å². The molecule has 3 aromatic rings. The van der Waals surface area contributed by atoms with E-state index in [1.165, 1.54) is 19.2 Å². The summed E-state index contributed by atoms with van der Waals surface area (Å²) in [5.74, 6) is -2.58. The van der Waals surface area contributed by atoms with Crippen LogP contribution >= 0.6 is 0 Å². The Bertz CT molecular complexity index is 1390. The molecule has 1 atom stereocenters. The molecule has 43 heavy (non-hydrogen) atoms. The van der Waals surface area contributed by atoms with E-state index >= 15 is 4.39 Å². The molecule has 2 amide bonds. The lowest BCUT2D eigenvalue weighted by molar-refractivity contribution is -0.253. The number of amides is 2. The number of benzene rings is 3. The number of hydrogen-bond acceptors (Lipinski definition) is 4. The third kappa shape index (κ3) is 7.82. The Morgan fingerprint density at radius 3 is 2.26 bits per heavy atom. The van der Waals surface area contributed by atoms with Crippen molar-refractivity contribution in [3.05, 3.63) is 89.2 Å². The third-order valence-electron chi connectivity index (χ3n) is 7.07. The fraction of sp³-hybridized carbons (Fsp3) is 0.367. The van der Waals surface area contributed by atoms with Crippen molar-refractivity contribution < 1.29 is 49.7 Å². The summed E-state index contributed by atoms with van der Waals surface area (Å²) in [7, 11) is 1.19. The molecule has 0 spiro atoms. The number of rotatable bonds is 12. The van der Waals surface area contributed by atoms with E-state index < -0.39 is 42.3 Å². The van der Waals surface area contributed by atoms with Crippen LogP contribution in [0.4, 0.5) is 35.5 Å². The summed E-state index contributed by atoms with van der Waals surface area (Å²) in [4.78, 5) is 13.5. The molecule has 1 saturated carbocycles. The number of alkyl halides is 6. The molecule has 1 aliphatic rings. The fourth-order valence-electron chi connectivity index (χ4n) is 5.14. The van der Waals surface area contributed by atoms with Gasteiger partial charge in [0.2, 0.25) is 0 Å². The van der Waals surface area contributed by atoms with Gasteiger partial charge in [0.25, 0.3) is 0 Å². The van der Waals surface area contributed by atoms with E-state index in [1.807, 2.05) is 0 Å². The van der Waals surface area contributed by atoms with E-state index in [9.17, 15) is 31.1 Å². The summed E-state index contributed by atoms with van der Waals surface area (Å²) in [6.07, 6.45) is -6.07. The molecule has 0 aliphatic heterocycles. The molecule has 232 valence electrons. The first-order valence-electron chi connectivity index (χ1n) is 13.3. The van der Waals surface area contributed by atoms with Gasteiger partial charge in [-0.2, -0.15) is 26.3 Å². The number of carbonyl (C=O) groups excluding carboxylic acids is 1. The van der Waals surface area contributed by atoms with Gasteiger partial charge in [-0.05, 0) is 53.8 Å². The number of urea groups is 1. The zero-order valence-electron chi connectivity index (χ0n) is 22.9. The smallest absolute Gasteiger partial charge is 0.461 e. The second-order valence-corrected chi connectivity index (χ2v) is 10.0. The SMILES string of the molecule is COc1cc([C@@](Cc2ccccc2)(NC(=O)NC2CCCC2)c2cc(F)cc(OC(F)(F)C(F)F)c2)ccc1OC(F)F. The van der Waals surface area contributed by atoms with E-state index in [2.05, 4.69) is 20.1 Å². The molecule has 0 radical (unpaired) electrons. The normalized spacial score (nSPS) is 15.3. The van der Waals surface area contributed by atoms with Crippen LogP contribution < -0.4 is 24.8 Å². The predicted octanol–water partition coefficient (Wildman–Crippen LogP) is 7.40. The number of methoxy groups -OCH3 is 1. The van der Waals surface area contributed by atoms with Crippen molar-refractivity contribution in [3.8, 4) is 17.2 Å². The number of carbonyl (C=O) groups is 1. The Morgan fingerprint density at radius 1 is 0.930 bits per heavy atom. The van der Waals surface area contributed by atoms with Crippen molar-refractivity contribution in [1.82, 2.24) is 10.6 Å². The lowest BCUT2D eigenvalue weighted by Gasteiger charge is -2.37. The molecule has 1 aliphatic carbocycles. The zero-order chi connectivity index (χ0) is 31.2. The summed E-state index contributed by atoms with van der Waals surface area (Å²) in [5, 5.41) is 5.70. The molecule has 6 nitrogen and oxygen atoms in total. The largest absolute Gasteiger partial charge is 0.493 e. The van der Waals surface area contributed by atoms with Gasteiger partial charge in [-0.1, -0.05) is 49.2 Å². The predicted molar refractivity (Wildman–Crippen MR) is 142 cm³/mol. The van der Waals surface area contributed by atoms with Crippen LogP contribution in [0.5, 0.6) is 17.2 Å². The first kappa shape index (κ1) is 31.8. The Kier molecular flexibility index (Phi) is 9.92. The van der Waals surface area contributed by atoms with Gasteiger partial charge in [-0.25, -0.2) is 9.18 Å². The van der Waals surface area contributed by atoms with Crippen LogP contribution in [0.3, 0.4) is 0 Å². The Morgan fingerprint density at radius 2 is 1.63 bits per heavy atom. The molecule has 0 heterocycles. The molecular formula is C30H29F7N2O4. The first-order chi connectivity index (χ1) is 20.4. The number of ether oxygens (including phenoxy) is 3. The van der Waals surface area contributed by atoms with Crippen LogP contribution in [0.2, 0.25) is 0 Å². The van der Waals surface area contributed by atoms with E-state index in [0.717, 1.165) is 31.0 Å². The standard InChI is InChI=1S/C30H29F7N2O4/c1-41-25-15-19(11-12-24(25)42-27(34)35)29(17-18-7-3-2-4-8-18,39-28(40)38-22-9-5-6-10-22)20-13-21(31)16-23(14-20)43-30(36,37)26(32)33/h2-4,7-8,11-16,22,26-27H,5-6,9-10,17H2,1H3,(H2,38,39,40)/t29-/m1/s1. The van der Waals surface area contributed by atoms with Crippen molar-refractivity contribution in [2.24, 2.45) is 0 Å². The lowest BCUT2D eigenvalue weighted by atomic mass is 9.77. The van der Waals surface area contributed by atoms with E-state index in [0.29, 0.717) is 24.5 Å². The fourth-order valence-corrected chi connectivity index (χ4v) is 5.14. The molecule has 0 unspecified atom stereocenters. The highest BCUT2D eigenvalue weighted by molar-refractivity contribution is 5.77. The molecule has 3 aromatic carbocycles. The van der Waals surface area contributed by atoms with Gasteiger partial charge in [0, 0.05) is 18.5 Å². The van der Waals surface area contributed by atoms with Gasteiger partial charge in [0.15, 0.2) is 11.5 Å². The van der Waals surface area contributed by atoms with Crippen LogP contribution in [0, 0.1) is 5.82 Å². The number of hydrogen-bond donors (Lipinski definition) is 2. The minimum atomic E-state index is -4.95. The molecular weight excluding hydrogens is 585 g/mol. The summed E-state index contributed by atoms with van der Waals surface area (Å²) in [6.45, 7) is -3.19. The van der Waals surface area contributed by atoms with Gasteiger partial charge in [0.05, 0.1) is 12.6 Å². The van der Waals surface area contributed by atoms with E-state index in [1.54, 1.807) is 30.3 Å². The highest BCUT2D eigenvalue weighted by Crippen LogP contribution is 2.41. The average Bonchev–Trinajstić information content (AvgIpc) is 3.45. The van der Waals surface area contributed by atoms with E-state index in [4.69, 9.17) is 4.74 Å². The van der Waals surface area contributed by atoms with E-state index in [-0.39, 0.29) is 35.1 Å². The summed E-state index contributed by atoms with van der Waals surface area (Å²) in [6, 6.07) is 13.7. The maximum Gasteiger partial charge on any atom is 0.461 e. The summed E-state index contributed by atoms with van der Waals surface area (Å²) in [5.41, 5.74) is -1.24. The summed E-state index contributed by atoms with van der Waals surface area (Å²) < 4.78 is 109. The number of halogens is 7. The molecule has 0 bridgehead atoms. The van der Waals surface area contributed by atoms with Crippen molar-refractivity contribution >= 4 is 6.03 Å². The minimum Gasteiger partial charge on any atom is -0.493 e. The monoisotopic (exact) mass is 614 g/mol. The first-order valence-corrected chi connectivity index (χ1v) is 13.3. The molecule has 0 saturated heterocycles. The van der Waals surface area contributed by atoms with Gasteiger partial charge in [-0.3, -0.25) is 0 Å². The van der Waals surface area contributed by atoms with Gasteiger partial charge >= 0.3 is 25.2 Å². The maximum absolute atomic E-state index is 15.0. The Hall–Kier alpha value is -4.16. The van der Waals surface area contributed by atoms with Crippen LogP contribution in [0.15, 0.2) is 66.7 Å². The molecule has 4 rings (SSSR count). The zero-order valence-corrected chi connectivity index (χ0v) is 22.9.